The lowest BCUT2D eigenvalue weighted by Crippen LogP contribution is -2.50. The lowest BCUT2D eigenvalue weighted by molar-refractivity contribution is 0.0554. The highest BCUT2D eigenvalue weighted by molar-refractivity contribution is 6.07. The Morgan fingerprint density at radius 1 is 1.09 bits per heavy atom. The Bertz CT molecular complexity index is 1100. The SMILES string of the molecule is COc1ccc(C2=CN3C(=O)c4cc(OC)c(OC)cc4N(C(=O)OCN)[C@@H](O)[C@@H]3C2)cc1. The second-order valence-corrected chi connectivity index (χ2v) is 7.45. The molecule has 2 amide bonds. The van der Waals surface area contributed by atoms with Crippen LogP contribution in [0.4, 0.5) is 10.5 Å². The summed E-state index contributed by atoms with van der Waals surface area (Å²) in [5.41, 5.74) is 7.38. The van der Waals surface area contributed by atoms with Gasteiger partial charge in [-0.25, -0.2) is 9.69 Å². The third kappa shape index (κ3) is 3.83. The summed E-state index contributed by atoms with van der Waals surface area (Å²) in [5.74, 6) is 0.900. The van der Waals surface area contributed by atoms with E-state index in [1.807, 2.05) is 24.3 Å². The van der Waals surface area contributed by atoms with Crippen molar-refractivity contribution in [2.45, 2.75) is 18.7 Å². The molecule has 0 aliphatic carbocycles. The van der Waals surface area contributed by atoms with E-state index in [-0.39, 0.29) is 18.0 Å². The van der Waals surface area contributed by atoms with Crippen molar-refractivity contribution in [3.63, 3.8) is 0 Å². The van der Waals surface area contributed by atoms with Gasteiger partial charge in [-0.15, -0.1) is 0 Å². The number of amides is 2. The maximum absolute atomic E-state index is 13.6. The number of carbonyl (C=O) groups excluding carboxylic acids is 2. The summed E-state index contributed by atoms with van der Waals surface area (Å²) in [6.45, 7) is -0.387. The van der Waals surface area contributed by atoms with E-state index in [9.17, 15) is 14.7 Å². The maximum atomic E-state index is 13.6. The lowest BCUT2D eigenvalue weighted by Gasteiger charge is -2.31. The molecule has 2 aromatic carbocycles. The van der Waals surface area contributed by atoms with Crippen molar-refractivity contribution in [2.75, 3.05) is 33.0 Å². The van der Waals surface area contributed by atoms with Crippen LogP contribution >= 0.6 is 0 Å². The Morgan fingerprint density at radius 2 is 1.76 bits per heavy atom. The number of carbonyl (C=O) groups is 2. The number of methoxy groups -OCH3 is 3. The second-order valence-electron chi connectivity index (χ2n) is 7.45. The van der Waals surface area contributed by atoms with Crippen molar-refractivity contribution in [1.29, 1.82) is 0 Å². The molecule has 3 N–H and O–H groups in total. The molecule has 2 heterocycles. The summed E-state index contributed by atoms with van der Waals surface area (Å²) in [5, 5.41) is 11.3. The Balaban J connectivity index is 1.83. The van der Waals surface area contributed by atoms with Crippen molar-refractivity contribution in [1.82, 2.24) is 4.90 Å². The van der Waals surface area contributed by atoms with Gasteiger partial charge in [-0.1, -0.05) is 12.1 Å². The zero-order valence-corrected chi connectivity index (χ0v) is 18.5. The van der Waals surface area contributed by atoms with Gasteiger partial charge in [0.1, 0.15) is 12.5 Å². The molecule has 10 heteroatoms. The Kier molecular flexibility index (Phi) is 6.12. The molecule has 2 atom stereocenters. The fraction of sp³-hybridized carbons (Fsp3) is 0.304. The number of aliphatic hydroxyl groups is 1. The summed E-state index contributed by atoms with van der Waals surface area (Å²) in [7, 11) is 4.46. The molecule has 0 aromatic heterocycles. The number of hydrogen-bond acceptors (Lipinski definition) is 8. The summed E-state index contributed by atoms with van der Waals surface area (Å²) in [4.78, 5) is 28.9. The molecule has 33 heavy (non-hydrogen) atoms. The number of aliphatic hydroxyl groups excluding tert-OH is 1. The van der Waals surface area contributed by atoms with Crippen LogP contribution in [0.2, 0.25) is 0 Å². The zero-order chi connectivity index (χ0) is 23.7. The number of rotatable bonds is 5. The first-order valence-electron chi connectivity index (χ1n) is 10.2. The molecule has 0 saturated carbocycles. The van der Waals surface area contributed by atoms with Crippen LogP contribution in [-0.4, -0.2) is 62.3 Å². The van der Waals surface area contributed by atoms with E-state index >= 15 is 0 Å². The quantitative estimate of drug-likeness (QED) is 0.658. The van der Waals surface area contributed by atoms with Crippen molar-refractivity contribution in [2.24, 2.45) is 5.73 Å². The fourth-order valence-electron chi connectivity index (χ4n) is 4.14. The number of nitrogens with zero attached hydrogens (tertiary/aromatic N) is 2. The molecule has 2 aliphatic rings. The standard InChI is InChI=1S/C23H25N3O7/c1-30-15-6-4-13(5-7-15)14-8-18-22(28)26(23(29)33-12-24)17-10-20(32-3)19(31-2)9-16(17)21(27)25(18)11-14/h4-7,9-11,18,22,28H,8,12,24H2,1-3H3/t18-,22-/m0/s1. The minimum atomic E-state index is -1.40. The molecular weight excluding hydrogens is 430 g/mol. The number of nitrogens with two attached hydrogens (primary N) is 1. The smallest absolute Gasteiger partial charge is 0.417 e. The van der Waals surface area contributed by atoms with Crippen molar-refractivity contribution < 1.29 is 33.6 Å². The van der Waals surface area contributed by atoms with Crippen LogP contribution in [0.15, 0.2) is 42.6 Å². The highest BCUT2D eigenvalue weighted by atomic mass is 16.6. The molecule has 2 aromatic rings. The van der Waals surface area contributed by atoms with E-state index in [1.165, 1.54) is 31.3 Å². The third-order valence-electron chi connectivity index (χ3n) is 5.78. The highest BCUT2D eigenvalue weighted by Crippen LogP contribution is 2.43. The van der Waals surface area contributed by atoms with Crippen molar-refractivity contribution >= 4 is 23.3 Å². The summed E-state index contributed by atoms with van der Waals surface area (Å²) in [6, 6.07) is 9.57. The topological polar surface area (TPSA) is 124 Å². The highest BCUT2D eigenvalue weighted by Gasteiger charge is 2.45. The van der Waals surface area contributed by atoms with Crippen LogP contribution in [0.25, 0.3) is 5.57 Å². The number of anilines is 1. The van der Waals surface area contributed by atoms with Gasteiger partial charge in [-0.3, -0.25) is 10.5 Å². The monoisotopic (exact) mass is 455 g/mol. The fourth-order valence-corrected chi connectivity index (χ4v) is 4.14. The predicted octanol–water partition coefficient (Wildman–Crippen LogP) is 2.16. The van der Waals surface area contributed by atoms with Gasteiger partial charge in [-0.05, 0) is 35.8 Å². The van der Waals surface area contributed by atoms with Crippen LogP contribution in [0.5, 0.6) is 17.2 Å². The zero-order valence-electron chi connectivity index (χ0n) is 18.5. The molecule has 2 aliphatic heterocycles. The first-order valence-corrected chi connectivity index (χ1v) is 10.2. The molecule has 0 unspecified atom stereocenters. The number of ether oxygens (including phenoxy) is 4. The van der Waals surface area contributed by atoms with Crippen LogP contribution in [-0.2, 0) is 4.74 Å². The van der Waals surface area contributed by atoms with Crippen LogP contribution in [0.3, 0.4) is 0 Å². The van der Waals surface area contributed by atoms with Gasteiger partial charge >= 0.3 is 6.09 Å². The molecule has 0 radical (unpaired) electrons. The largest absolute Gasteiger partial charge is 0.497 e. The molecule has 0 saturated heterocycles. The molecule has 0 fully saturated rings. The molecular formula is C23H25N3O7. The molecule has 4 rings (SSSR count). The average molecular weight is 455 g/mol. The Labute approximate surface area is 190 Å². The van der Waals surface area contributed by atoms with Crippen LogP contribution in [0.1, 0.15) is 22.3 Å². The molecule has 0 spiro atoms. The van der Waals surface area contributed by atoms with E-state index in [0.717, 1.165) is 16.0 Å². The van der Waals surface area contributed by atoms with Crippen LogP contribution in [0, 0.1) is 0 Å². The summed E-state index contributed by atoms with van der Waals surface area (Å²) in [6.07, 6.45) is -0.283. The third-order valence-corrected chi connectivity index (χ3v) is 5.78. The normalized spacial score (nSPS) is 19.3. The Hall–Kier alpha value is -3.76. The van der Waals surface area contributed by atoms with Gasteiger partial charge in [0.25, 0.3) is 5.91 Å². The molecule has 10 nitrogen and oxygen atoms in total. The van der Waals surface area contributed by atoms with Gasteiger partial charge in [0.15, 0.2) is 17.7 Å². The lowest BCUT2D eigenvalue weighted by atomic mass is 10.0. The first-order chi connectivity index (χ1) is 15.9. The van der Waals surface area contributed by atoms with Crippen LogP contribution < -0.4 is 24.8 Å². The molecule has 174 valence electrons. The van der Waals surface area contributed by atoms with Gasteiger partial charge in [-0.2, -0.15) is 0 Å². The van der Waals surface area contributed by atoms with Gasteiger partial charge in [0, 0.05) is 12.3 Å². The predicted molar refractivity (Wildman–Crippen MR) is 119 cm³/mol. The van der Waals surface area contributed by atoms with E-state index in [1.54, 1.807) is 13.3 Å². The average Bonchev–Trinajstić information content (AvgIpc) is 3.26. The minimum absolute atomic E-state index is 0.136. The summed E-state index contributed by atoms with van der Waals surface area (Å²) < 4.78 is 20.9. The second kappa shape index (κ2) is 9.00. The maximum Gasteiger partial charge on any atom is 0.417 e. The van der Waals surface area contributed by atoms with Crippen molar-refractivity contribution in [3.8, 4) is 17.2 Å². The number of fused-ring (bicyclic) bond motifs is 2. The number of hydrogen-bond donors (Lipinski definition) is 2. The molecule has 0 bridgehead atoms. The van der Waals surface area contributed by atoms with E-state index in [2.05, 4.69) is 0 Å². The van der Waals surface area contributed by atoms with Gasteiger partial charge in [0.05, 0.1) is 38.6 Å². The van der Waals surface area contributed by atoms with E-state index < -0.39 is 24.3 Å². The minimum Gasteiger partial charge on any atom is -0.497 e. The number of benzene rings is 2. The van der Waals surface area contributed by atoms with Crippen molar-refractivity contribution in [3.05, 3.63) is 53.7 Å². The first kappa shape index (κ1) is 22.4. The van der Waals surface area contributed by atoms with Gasteiger partial charge < -0.3 is 29.0 Å². The van der Waals surface area contributed by atoms with E-state index in [0.29, 0.717) is 23.7 Å². The summed E-state index contributed by atoms with van der Waals surface area (Å²) >= 11 is 0. The Morgan fingerprint density at radius 3 is 2.36 bits per heavy atom. The van der Waals surface area contributed by atoms with E-state index in [4.69, 9.17) is 24.7 Å². The van der Waals surface area contributed by atoms with Gasteiger partial charge in [0.2, 0.25) is 0 Å².